The summed E-state index contributed by atoms with van der Waals surface area (Å²) in [4.78, 5) is 0. The number of hydrogen-bond acceptors (Lipinski definition) is 3. The van der Waals surface area contributed by atoms with E-state index < -0.39 is 0 Å². The van der Waals surface area contributed by atoms with Crippen LogP contribution in [0.25, 0.3) is 0 Å². The van der Waals surface area contributed by atoms with E-state index in [-0.39, 0.29) is 12.8 Å². The van der Waals surface area contributed by atoms with E-state index in [1.54, 1.807) is 12.1 Å². The Balaban J connectivity index is 2.12. The molecule has 0 fully saturated rings. The van der Waals surface area contributed by atoms with E-state index in [4.69, 9.17) is 10.00 Å². The molecule has 1 atom stereocenters. The molecule has 0 bridgehead atoms. The molecule has 0 saturated carbocycles. The fourth-order valence-electron chi connectivity index (χ4n) is 2.20. The van der Waals surface area contributed by atoms with Crippen molar-refractivity contribution in [3.05, 3.63) is 65.7 Å². The van der Waals surface area contributed by atoms with Crippen molar-refractivity contribution in [2.75, 3.05) is 19.8 Å². The van der Waals surface area contributed by atoms with Gasteiger partial charge in [-0.25, -0.2) is 4.39 Å². The normalized spacial score (nSPS) is 11.6. The molecule has 0 aliphatic heterocycles. The third-order valence-corrected chi connectivity index (χ3v) is 3.30. The molecule has 1 N–H and O–H groups in total. The number of halogens is 1. The maximum atomic E-state index is 12.2. The Hall–Kier alpha value is -2.38. The van der Waals surface area contributed by atoms with E-state index in [9.17, 15) is 4.39 Å². The summed E-state index contributed by atoms with van der Waals surface area (Å²) < 4.78 is 18.2. The summed E-state index contributed by atoms with van der Waals surface area (Å²) >= 11 is 0. The maximum Gasteiger partial charge on any atom is 0.137 e. The molecular formula is C18H19FN2O. The monoisotopic (exact) mass is 298 g/mol. The molecule has 4 heteroatoms. The Bertz CT molecular complexity index is 610. The topological polar surface area (TPSA) is 45.0 Å². The van der Waals surface area contributed by atoms with Crippen molar-refractivity contribution in [1.82, 2.24) is 5.32 Å². The predicted molar refractivity (Wildman–Crippen MR) is 84.4 cm³/mol. The molecule has 0 saturated heterocycles. The minimum absolute atomic E-state index is 0.178. The Kier molecular flexibility index (Phi) is 6.40. The Morgan fingerprint density at radius 3 is 2.50 bits per heavy atom. The average molecular weight is 298 g/mol. The Labute approximate surface area is 130 Å². The van der Waals surface area contributed by atoms with Crippen molar-refractivity contribution in [3.63, 3.8) is 0 Å². The molecule has 22 heavy (non-hydrogen) atoms. The van der Waals surface area contributed by atoms with Crippen LogP contribution in [0.15, 0.2) is 54.6 Å². The number of para-hydroxylation sites is 1. The lowest BCUT2D eigenvalue weighted by atomic mass is 10.1. The average Bonchev–Trinajstić information content (AvgIpc) is 2.59. The van der Waals surface area contributed by atoms with Crippen molar-refractivity contribution in [2.45, 2.75) is 12.5 Å². The molecular weight excluding hydrogens is 279 g/mol. The van der Waals surface area contributed by atoms with Gasteiger partial charge in [0.15, 0.2) is 0 Å². The number of benzene rings is 2. The van der Waals surface area contributed by atoms with E-state index in [2.05, 4.69) is 11.4 Å². The van der Waals surface area contributed by atoms with E-state index in [0.717, 1.165) is 5.56 Å². The zero-order chi connectivity index (χ0) is 15.6. The highest BCUT2D eigenvalue weighted by atomic mass is 19.1. The molecule has 0 unspecified atom stereocenters. The second-order valence-electron chi connectivity index (χ2n) is 4.85. The van der Waals surface area contributed by atoms with Crippen molar-refractivity contribution < 1.29 is 9.13 Å². The number of rotatable bonds is 8. The predicted octanol–water partition coefficient (Wildman–Crippen LogP) is 3.63. The number of ether oxygens (including phenoxy) is 1. The van der Waals surface area contributed by atoms with Crippen LogP contribution in [0.5, 0.6) is 5.75 Å². The van der Waals surface area contributed by atoms with Crippen molar-refractivity contribution >= 4 is 0 Å². The van der Waals surface area contributed by atoms with Gasteiger partial charge in [0.2, 0.25) is 0 Å². The second kappa shape index (κ2) is 8.81. The molecule has 2 aromatic rings. The van der Waals surface area contributed by atoms with Crippen LogP contribution in [0.3, 0.4) is 0 Å². The first kappa shape index (κ1) is 16.0. The fourth-order valence-corrected chi connectivity index (χ4v) is 2.20. The standard InChI is InChI=1S/C18H19FN2O/c19-11-13-21-12-10-18(15-6-2-1-3-7-15)22-17-9-5-4-8-16(17)14-20/h1-9,18,21H,10-13H2/t18-/m1/s1. The molecule has 0 heterocycles. The first-order valence-electron chi connectivity index (χ1n) is 7.32. The molecule has 3 nitrogen and oxygen atoms in total. The largest absolute Gasteiger partial charge is 0.484 e. The fraction of sp³-hybridized carbons (Fsp3) is 0.278. The van der Waals surface area contributed by atoms with Crippen molar-refractivity contribution in [3.8, 4) is 11.8 Å². The van der Waals surface area contributed by atoms with Crippen LogP contribution in [-0.2, 0) is 0 Å². The zero-order valence-corrected chi connectivity index (χ0v) is 12.3. The van der Waals surface area contributed by atoms with Gasteiger partial charge in [0.25, 0.3) is 0 Å². The van der Waals surface area contributed by atoms with Gasteiger partial charge >= 0.3 is 0 Å². The van der Waals surface area contributed by atoms with E-state index in [1.807, 2.05) is 42.5 Å². The van der Waals surface area contributed by atoms with Crippen LogP contribution in [0.1, 0.15) is 23.7 Å². The Morgan fingerprint density at radius 2 is 1.77 bits per heavy atom. The molecule has 0 aliphatic carbocycles. The van der Waals surface area contributed by atoms with Crippen LogP contribution in [-0.4, -0.2) is 19.8 Å². The number of nitriles is 1. The van der Waals surface area contributed by atoms with Crippen LogP contribution in [0.2, 0.25) is 0 Å². The zero-order valence-electron chi connectivity index (χ0n) is 12.3. The van der Waals surface area contributed by atoms with Crippen LogP contribution in [0.4, 0.5) is 4.39 Å². The molecule has 0 spiro atoms. The first-order valence-corrected chi connectivity index (χ1v) is 7.32. The molecule has 0 aromatic heterocycles. The van der Waals surface area contributed by atoms with E-state index >= 15 is 0 Å². The van der Waals surface area contributed by atoms with Gasteiger partial charge in [0.05, 0.1) is 5.56 Å². The van der Waals surface area contributed by atoms with Gasteiger partial charge in [-0.3, -0.25) is 0 Å². The summed E-state index contributed by atoms with van der Waals surface area (Å²) in [7, 11) is 0. The van der Waals surface area contributed by atoms with Crippen molar-refractivity contribution in [2.24, 2.45) is 0 Å². The highest BCUT2D eigenvalue weighted by Crippen LogP contribution is 2.27. The lowest BCUT2D eigenvalue weighted by Crippen LogP contribution is -2.22. The third kappa shape index (κ3) is 4.57. The van der Waals surface area contributed by atoms with Gasteiger partial charge in [-0.05, 0) is 24.2 Å². The molecule has 2 aromatic carbocycles. The molecule has 0 amide bonds. The summed E-state index contributed by atoms with van der Waals surface area (Å²) in [5.41, 5.74) is 1.55. The lowest BCUT2D eigenvalue weighted by Gasteiger charge is -2.20. The van der Waals surface area contributed by atoms with Crippen molar-refractivity contribution in [1.29, 1.82) is 5.26 Å². The summed E-state index contributed by atoms with van der Waals surface area (Å²) in [5.74, 6) is 0.573. The summed E-state index contributed by atoms with van der Waals surface area (Å²) in [6, 6.07) is 19.2. The minimum Gasteiger partial charge on any atom is -0.484 e. The summed E-state index contributed by atoms with van der Waals surface area (Å²) in [6.45, 7) is 0.614. The number of nitrogens with one attached hydrogen (secondary N) is 1. The summed E-state index contributed by atoms with van der Waals surface area (Å²) in [6.07, 6.45) is 0.520. The third-order valence-electron chi connectivity index (χ3n) is 3.30. The van der Waals surface area contributed by atoms with Gasteiger partial charge in [-0.15, -0.1) is 0 Å². The number of alkyl halides is 1. The van der Waals surface area contributed by atoms with Gasteiger partial charge in [-0.1, -0.05) is 42.5 Å². The van der Waals surface area contributed by atoms with Crippen LogP contribution >= 0.6 is 0 Å². The van der Waals surface area contributed by atoms with Gasteiger partial charge in [0, 0.05) is 13.0 Å². The summed E-state index contributed by atoms with van der Waals surface area (Å²) in [5, 5.41) is 12.2. The van der Waals surface area contributed by atoms with Gasteiger partial charge < -0.3 is 10.1 Å². The molecule has 0 aliphatic rings. The van der Waals surface area contributed by atoms with Crippen LogP contribution in [0, 0.1) is 11.3 Å². The van der Waals surface area contributed by atoms with E-state index in [0.29, 0.717) is 30.8 Å². The Morgan fingerprint density at radius 1 is 1.05 bits per heavy atom. The maximum absolute atomic E-state index is 12.2. The molecule has 2 rings (SSSR count). The van der Waals surface area contributed by atoms with Crippen LogP contribution < -0.4 is 10.1 Å². The van der Waals surface area contributed by atoms with Gasteiger partial charge in [0.1, 0.15) is 24.6 Å². The van der Waals surface area contributed by atoms with E-state index in [1.165, 1.54) is 0 Å². The second-order valence-corrected chi connectivity index (χ2v) is 4.85. The minimum atomic E-state index is -0.381. The first-order chi connectivity index (χ1) is 10.8. The molecule has 0 radical (unpaired) electrons. The highest BCUT2D eigenvalue weighted by molar-refractivity contribution is 5.43. The quantitative estimate of drug-likeness (QED) is 0.757. The van der Waals surface area contributed by atoms with Gasteiger partial charge in [-0.2, -0.15) is 5.26 Å². The smallest absolute Gasteiger partial charge is 0.137 e. The number of hydrogen-bond donors (Lipinski definition) is 1. The molecule has 114 valence electrons. The lowest BCUT2D eigenvalue weighted by molar-refractivity contribution is 0.193. The number of nitrogens with zero attached hydrogens (tertiary/aromatic N) is 1. The highest BCUT2D eigenvalue weighted by Gasteiger charge is 2.14. The SMILES string of the molecule is N#Cc1ccccc1O[C@H](CCNCCF)c1ccccc1.